The number of nitrogens with zero attached hydrogens (tertiary/aromatic N) is 3. The molecule has 1 aromatic heterocycles. The van der Waals surface area contributed by atoms with Gasteiger partial charge in [0.05, 0.1) is 0 Å². The van der Waals surface area contributed by atoms with E-state index in [-0.39, 0.29) is 5.41 Å². The quantitative estimate of drug-likeness (QED) is 0.157. The van der Waals surface area contributed by atoms with Gasteiger partial charge in [-0.1, -0.05) is 201 Å². The number of benzene rings is 10. The van der Waals surface area contributed by atoms with E-state index in [1.165, 1.54) is 102 Å². The summed E-state index contributed by atoms with van der Waals surface area (Å²) in [6.45, 7) is 0. The Labute approximate surface area is 373 Å². The molecule has 0 N–H and O–H groups in total. The normalized spacial score (nSPS) is 14.1. The van der Waals surface area contributed by atoms with Gasteiger partial charge in [-0.2, -0.15) is 0 Å². The predicted octanol–water partition coefficient (Wildman–Crippen LogP) is 16.0. The van der Waals surface area contributed by atoms with Crippen LogP contribution in [0, 0.1) is 0 Å². The molecule has 1 spiro atoms. The first-order chi connectivity index (χ1) is 31.7. The summed E-state index contributed by atoms with van der Waals surface area (Å²) in [5.41, 5.74) is 16.1. The highest BCUT2D eigenvalue weighted by molar-refractivity contribution is 6.27. The van der Waals surface area contributed by atoms with E-state index in [0.29, 0.717) is 17.5 Å². The molecule has 3 nitrogen and oxygen atoms in total. The maximum Gasteiger partial charge on any atom is 0.164 e. The monoisotopic (exact) mass is 817 g/mol. The third kappa shape index (κ3) is 5.84. The molecule has 0 atom stereocenters. The SMILES string of the molecule is c1ccc(-c2nc(-c3ccccc3)nc(-c3cccc(-c4ccc5c(c4)C4(CCCCC4)c4cc(-c6ccc7ccc8c(-c9ccccc9)ccc9ccc6c7c98)ccc4-5)c3)n2)cc1. The lowest BCUT2D eigenvalue weighted by Gasteiger charge is -2.36. The third-order valence-electron chi connectivity index (χ3n) is 14.3. The second-order valence-electron chi connectivity index (χ2n) is 17.8. The minimum absolute atomic E-state index is 0.0235. The summed E-state index contributed by atoms with van der Waals surface area (Å²) in [5, 5.41) is 7.93. The molecule has 10 aromatic carbocycles. The van der Waals surface area contributed by atoms with Crippen LogP contribution in [0.15, 0.2) is 200 Å². The fraction of sp³-hybridized carbons (Fsp3) is 0.0984. The molecule has 13 rings (SSSR count). The molecule has 0 radical (unpaired) electrons. The van der Waals surface area contributed by atoms with Crippen molar-refractivity contribution in [3.05, 3.63) is 211 Å². The van der Waals surface area contributed by atoms with E-state index in [2.05, 4.69) is 164 Å². The van der Waals surface area contributed by atoms with Gasteiger partial charge in [0.2, 0.25) is 0 Å². The van der Waals surface area contributed by atoms with E-state index in [4.69, 9.17) is 15.0 Å². The Morgan fingerprint density at radius 2 is 0.719 bits per heavy atom. The summed E-state index contributed by atoms with van der Waals surface area (Å²) < 4.78 is 0. The molecule has 1 saturated carbocycles. The minimum atomic E-state index is -0.0235. The Morgan fingerprint density at radius 3 is 1.30 bits per heavy atom. The number of hydrogen-bond donors (Lipinski definition) is 0. The molecule has 0 saturated heterocycles. The van der Waals surface area contributed by atoms with Crippen LogP contribution in [0.1, 0.15) is 43.2 Å². The summed E-state index contributed by atoms with van der Waals surface area (Å²) >= 11 is 0. The van der Waals surface area contributed by atoms with Crippen molar-refractivity contribution in [1.29, 1.82) is 0 Å². The molecule has 0 amide bonds. The number of rotatable bonds is 6. The Balaban J connectivity index is 0.911. The Morgan fingerprint density at radius 1 is 0.297 bits per heavy atom. The third-order valence-corrected chi connectivity index (χ3v) is 14.3. The molecule has 64 heavy (non-hydrogen) atoms. The summed E-state index contributed by atoms with van der Waals surface area (Å²) in [4.78, 5) is 15.1. The second-order valence-corrected chi connectivity index (χ2v) is 17.8. The first-order valence-corrected chi connectivity index (χ1v) is 22.7. The Kier molecular flexibility index (Phi) is 8.45. The zero-order chi connectivity index (χ0) is 42.2. The van der Waals surface area contributed by atoms with Gasteiger partial charge in [0.1, 0.15) is 0 Å². The van der Waals surface area contributed by atoms with Crippen molar-refractivity contribution in [1.82, 2.24) is 15.0 Å². The zero-order valence-corrected chi connectivity index (χ0v) is 35.4. The maximum atomic E-state index is 5.06. The molecular formula is C61H43N3. The molecule has 302 valence electrons. The standard InChI is InChI=1S/C61H43N3/c1-5-14-39(15-6-1)48-28-22-40-25-33-53-49(29-23-41-24-32-52(48)56(40)57(41)53)46-27-31-51-50-30-26-45(37-54(50)61(55(51)38-46)34-11-4-12-35-61)44-20-13-21-47(36-44)60-63-58(42-16-7-2-8-17-42)62-59(64-60)43-18-9-3-10-19-43/h1-3,5-10,13-33,36-38H,4,11-12,34-35H2. The molecule has 2 aliphatic rings. The number of hydrogen-bond acceptors (Lipinski definition) is 3. The largest absolute Gasteiger partial charge is 0.208 e. The topological polar surface area (TPSA) is 38.7 Å². The van der Waals surface area contributed by atoms with Crippen molar-refractivity contribution in [3.8, 4) is 78.7 Å². The average molecular weight is 818 g/mol. The first kappa shape index (κ1) is 36.9. The van der Waals surface area contributed by atoms with Crippen molar-refractivity contribution < 1.29 is 0 Å². The van der Waals surface area contributed by atoms with Crippen molar-refractivity contribution in [2.24, 2.45) is 0 Å². The predicted molar refractivity (Wildman–Crippen MR) is 265 cm³/mol. The molecule has 1 fully saturated rings. The average Bonchev–Trinajstić information content (AvgIpc) is 3.63. The van der Waals surface area contributed by atoms with Crippen molar-refractivity contribution in [2.45, 2.75) is 37.5 Å². The Bertz CT molecular complexity index is 3510. The van der Waals surface area contributed by atoms with Gasteiger partial charge in [-0.05, 0) is 119 Å². The Hall–Kier alpha value is -7.75. The summed E-state index contributed by atoms with van der Waals surface area (Å²) in [6, 6.07) is 73.2. The van der Waals surface area contributed by atoms with Crippen LogP contribution in [-0.4, -0.2) is 15.0 Å². The summed E-state index contributed by atoms with van der Waals surface area (Å²) in [7, 11) is 0. The van der Waals surface area contributed by atoms with E-state index in [1.807, 2.05) is 36.4 Å². The highest BCUT2D eigenvalue weighted by atomic mass is 15.0. The van der Waals surface area contributed by atoms with Crippen LogP contribution < -0.4 is 0 Å². The van der Waals surface area contributed by atoms with Crippen LogP contribution in [-0.2, 0) is 5.41 Å². The van der Waals surface area contributed by atoms with Crippen molar-refractivity contribution >= 4 is 32.3 Å². The molecule has 0 aliphatic heterocycles. The van der Waals surface area contributed by atoms with Crippen LogP contribution in [0.3, 0.4) is 0 Å². The van der Waals surface area contributed by atoms with Crippen LogP contribution in [0.4, 0.5) is 0 Å². The van der Waals surface area contributed by atoms with Gasteiger partial charge in [-0.25, -0.2) is 15.0 Å². The number of aromatic nitrogens is 3. The van der Waals surface area contributed by atoms with Gasteiger partial charge in [-0.3, -0.25) is 0 Å². The fourth-order valence-electron chi connectivity index (χ4n) is 11.2. The van der Waals surface area contributed by atoms with E-state index < -0.39 is 0 Å². The van der Waals surface area contributed by atoms with Crippen LogP contribution in [0.25, 0.3) is 111 Å². The smallest absolute Gasteiger partial charge is 0.164 e. The van der Waals surface area contributed by atoms with Gasteiger partial charge < -0.3 is 0 Å². The first-order valence-electron chi connectivity index (χ1n) is 22.7. The molecule has 3 heteroatoms. The van der Waals surface area contributed by atoms with Gasteiger partial charge >= 0.3 is 0 Å². The molecule has 0 bridgehead atoms. The fourth-order valence-corrected chi connectivity index (χ4v) is 11.2. The lowest BCUT2D eigenvalue weighted by Crippen LogP contribution is -2.28. The van der Waals surface area contributed by atoms with Crippen molar-refractivity contribution in [3.63, 3.8) is 0 Å². The molecular weight excluding hydrogens is 775 g/mol. The van der Waals surface area contributed by atoms with Crippen LogP contribution >= 0.6 is 0 Å². The van der Waals surface area contributed by atoms with Gasteiger partial charge in [0.25, 0.3) is 0 Å². The van der Waals surface area contributed by atoms with E-state index in [9.17, 15) is 0 Å². The lowest BCUT2D eigenvalue weighted by molar-refractivity contribution is 0.353. The van der Waals surface area contributed by atoms with E-state index in [0.717, 1.165) is 35.1 Å². The molecule has 0 unspecified atom stereocenters. The van der Waals surface area contributed by atoms with Crippen LogP contribution in [0.5, 0.6) is 0 Å². The minimum Gasteiger partial charge on any atom is -0.208 e. The van der Waals surface area contributed by atoms with Gasteiger partial charge in [-0.15, -0.1) is 0 Å². The highest BCUT2D eigenvalue weighted by Crippen LogP contribution is 2.57. The van der Waals surface area contributed by atoms with Gasteiger partial charge in [0, 0.05) is 22.1 Å². The number of fused-ring (bicyclic) bond motifs is 5. The van der Waals surface area contributed by atoms with E-state index in [1.54, 1.807) is 0 Å². The van der Waals surface area contributed by atoms with Crippen molar-refractivity contribution in [2.75, 3.05) is 0 Å². The maximum absolute atomic E-state index is 5.06. The van der Waals surface area contributed by atoms with E-state index >= 15 is 0 Å². The highest BCUT2D eigenvalue weighted by Gasteiger charge is 2.44. The lowest BCUT2D eigenvalue weighted by atomic mass is 9.67. The molecule has 1 heterocycles. The molecule has 2 aliphatic carbocycles. The second kappa shape index (κ2) is 14.7. The summed E-state index contributed by atoms with van der Waals surface area (Å²) in [5.74, 6) is 2.01. The zero-order valence-electron chi connectivity index (χ0n) is 35.4. The van der Waals surface area contributed by atoms with Gasteiger partial charge in [0.15, 0.2) is 17.5 Å². The van der Waals surface area contributed by atoms with Crippen LogP contribution in [0.2, 0.25) is 0 Å². The summed E-state index contributed by atoms with van der Waals surface area (Å²) in [6.07, 6.45) is 6.08. The molecule has 11 aromatic rings.